The van der Waals surface area contributed by atoms with Gasteiger partial charge in [-0.25, -0.2) is 9.59 Å². The van der Waals surface area contributed by atoms with Crippen molar-refractivity contribution in [3.63, 3.8) is 0 Å². The summed E-state index contributed by atoms with van der Waals surface area (Å²) in [5.74, 6) is 0.128. The Morgan fingerprint density at radius 3 is 1.64 bits per heavy atom. The molecule has 0 aliphatic rings. The molecule has 0 aliphatic carbocycles. The Bertz CT molecular complexity index is 1590. The first-order valence-electron chi connectivity index (χ1n) is 12.2. The van der Waals surface area contributed by atoms with Crippen LogP contribution in [0.4, 0.5) is 9.59 Å². The average Bonchev–Trinajstić information content (AvgIpc) is 3.42. The summed E-state index contributed by atoms with van der Waals surface area (Å²) in [6, 6.07) is 7.05. The summed E-state index contributed by atoms with van der Waals surface area (Å²) < 4.78 is 14.9. The van der Waals surface area contributed by atoms with E-state index in [4.69, 9.17) is 9.47 Å². The standard InChI is InChI=1S/C15H16BrNO3.C14H16BrNO3/c1-9-7-12(16)11(8-18)10-5-6-17(13(9)10)14(19)20-15(2,3)4;1-8-7-10(15)12(17)9-5-6-16(11(8)9)13(18)19-14(2,3)4/h5-8H,1-4H3;5-7,17H,1-4H3. The van der Waals surface area contributed by atoms with E-state index in [-0.39, 0.29) is 5.75 Å². The molecule has 8 nitrogen and oxygen atoms in total. The SMILES string of the molecule is Cc1cc(Br)c(C=O)c2ccn(C(=O)OC(C)(C)C)c12.Cc1cc(Br)c(O)c2ccn(C(=O)OC(C)(C)C)c12. The first-order valence-corrected chi connectivity index (χ1v) is 13.7. The summed E-state index contributed by atoms with van der Waals surface area (Å²) in [4.78, 5) is 35.5. The zero-order chi connectivity index (χ0) is 29.4. The fourth-order valence-corrected chi connectivity index (χ4v) is 5.25. The predicted molar refractivity (Wildman–Crippen MR) is 159 cm³/mol. The number of nitrogens with zero attached hydrogens (tertiary/aromatic N) is 2. The van der Waals surface area contributed by atoms with Crippen LogP contribution in [-0.2, 0) is 9.47 Å². The number of aryl methyl sites for hydroxylation is 2. The number of hydrogen-bond donors (Lipinski definition) is 1. The fourth-order valence-electron chi connectivity index (χ4n) is 4.04. The molecular weight excluding hydrogens is 632 g/mol. The molecule has 4 aromatic rings. The maximum absolute atomic E-state index is 12.2. The number of fused-ring (bicyclic) bond motifs is 2. The minimum Gasteiger partial charge on any atom is -0.506 e. The number of benzene rings is 2. The van der Waals surface area contributed by atoms with E-state index in [1.807, 2.05) is 61.5 Å². The number of rotatable bonds is 1. The van der Waals surface area contributed by atoms with Crippen LogP contribution < -0.4 is 0 Å². The van der Waals surface area contributed by atoms with E-state index < -0.39 is 23.4 Å². The lowest BCUT2D eigenvalue weighted by Gasteiger charge is -2.20. The minimum atomic E-state index is -0.565. The van der Waals surface area contributed by atoms with E-state index in [1.165, 1.54) is 9.13 Å². The number of ether oxygens (including phenoxy) is 2. The summed E-state index contributed by atoms with van der Waals surface area (Å²) in [5, 5.41) is 11.4. The van der Waals surface area contributed by atoms with Crippen molar-refractivity contribution in [1.82, 2.24) is 9.13 Å². The van der Waals surface area contributed by atoms with Gasteiger partial charge in [0.1, 0.15) is 17.0 Å². The third-order valence-electron chi connectivity index (χ3n) is 5.53. The van der Waals surface area contributed by atoms with Crippen LogP contribution in [0.25, 0.3) is 21.8 Å². The van der Waals surface area contributed by atoms with E-state index in [1.54, 1.807) is 30.6 Å². The number of phenols is 1. The van der Waals surface area contributed by atoms with Crippen molar-refractivity contribution < 1.29 is 29.0 Å². The van der Waals surface area contributed by atoms with E-state index in [0.717, 1.165) is 27.3 Å². The first-order chi connectivity index (χ1) is 17.9. The van der Waals surface area contributed by atoms with Gasteiger partial charge in [-0.1, -0.05) is 15.9 Å². The van der Waals surface area contributed by atoms with Crippen LogP contribution in [0.5, 0.6) is 5.75 Å². The zero-order valence-corrected chi connectivity index (χ0v) is 26.4. The lowest BCUT2D eigenvalue weighted by molar-refractivity contribution is 0.0533. The normalized spacial score (nSPS) is 11.7. The third kappa shape index (κ3) is 6.73. The molecule has 0 atom stereocenters. The Morgan fingerprint density at radius 1 is 0.795 bits per heavy atom. The lowest BCUT2D eigenvalue weighted by atomic mass is 10.1. The van der Waals surface area contributed by atoms with Gasteiger partial charge in [-0.15, -0.1) is 0 Å². The van der Waals surface area contributed by atoms with Gasteiger partial charge in [-0.05, 0) is 107 Å². The summed E-state index contributed by atoms with van der Waals surface area (Å²) in [5.41, 5.74) is 2.56. The number of phenolic OH excluding ortho intramolecular Hbond substituents is 1. The van der Waals surface area contributed by atoms with Gasteiger partial charge >= 0.3 is 12.2 Å². The number of aldehydes is 1. The summed E-state index contributed by atoms with van der Waals surface area (Å²) in [6.45, 7) is 14.7. The molecule has 2 aromatic heterocycles. The largest absolute Gasteiger partial charge is 0.506 e. The van der Waals surface area contributed by atoms with Crippen molar-refractivity contribution in [3.8, 4) is 5.75 Å². The predicted octanol–water partition coefficient (Wildman–Crippen LogP) is 8.51. The summed E-state index contributed by atoms with van der Waals surface area (Å²) in [7, 11) is 0. The summed E-state index contributed by atoms with van der Waals surface area (Å²) in [6.07, 6.45) is 3.12. The molecule has 0 fully saturated rings. The smallest absolute Gasteiger partial charge is 0.419 e. The van der Waals surface area contributed by atoms with E-state index in [2.05, 4.69) is 31.9 Å². The van der Waals surface area contributed by atoms with Crippen molar-refractivity contribution >= 4 is 72.1 Å². The molecule has 1 N–H and O–H groups in total. The molecule has 0 radical (unpaired) electrons. The monoisotopic (exact) mass is 662 g/mol. The van der Waals surface area contributed by atoms with Crippen LogP contribution in [0.3, 0.4) is 0 Å². The number of carbonyl (C=O) groups excluding carboxylic acids is 3. The second-order valence-corrected chi connectivity index (χ2v) is 12.8. The molecule has 0 saturated heterocycles. The molecule has 0 saturated carbocycles. The Balaban J connectivity index is 0.000000216. The Morgan fingerprint density at radius 2 is 1.21 bits per heavy atom. The third-order valence-corrected chi connectivity index (χ3v) is 6.79. The van der Waals surface area contributed by atoms with Gasteiger partial charge in [0.2, 0.25) is 0 Å². The van der Waals surface area contributed by atoms with Crippen LogP contribution in [-0.4, -0.2) is 43.9 Å². The number of halogens is 2. The topological polar surface area (TPSA) is 99.8 Å². The second-order valence-electron chi connectivity index (χ2n) is 11.1. The molecule has 39 heavy (non-hydrogen) atoms. The molecule has 0 unspecified atom stereocenters. The maximum atomic E-state index is 12.2. The van der Waals surface area contributed by atoms with Crippen LogP contribution in [0, 0.1) is 13.8 Å². The lowest BCUT2D eigenvalue weighted by Crippen LogP contribution is -2.26. The van der Waals surface area contributed by atoms with Crippen LogP contribution >= 0.6 is 31.9 Å². The Kier molecular flexibility index (Phi) is 8.72. The Hall–Kier alpha value is -3.11. The van der Waals surface area contributed by atoms with Crippen molar-refractivity contribution in [2.24, 2.45) is 0 Å². The highest BCUT2D eigenvalue weighted by molar-refractivity contribution is 9.10. The molecule has 2 heterocycles. The number of aromatic hydroxyl groups is 1. The highest BCUT2D eigenvalue weighted by Gasteiger charge is 2.22. The molecule has 0 amide bonds. The van der Waals surface area contributed by atoms with Crippen molar-refractivity contribution in [2.45, 2.75) is 66.6 Å². The minimum absolute atomic E-state index is 0.128. The quantitative estimate of drug-likeness (QED) is 0.205. The molecule has 10 heteroatoms. The fraction of sp³-hybridized carbons (Fsp3) is 0.345. The first kappa shape index (κ1) is 30.4. The Labute approximate surface area is 244 Å². The molecular formula is C29H32Br2N2O6. The van der Waals surface area contributed by atoms with Crippen molar-refractivity contribution in [2.75, 3.05) is 0 Å². The maximum Gasteiger partial charge on any atom is 0.419 e. The van der Waals surface area contributed by atoms with Crippen LogP contribution in [0.15, 0.2) is 45.6 Å². The molecule has 0 aliphatic heterocycles. The molecule has 208 valence electrons. The number of hydrogen-bond acceptors (Lipinski definition) is 6. The molecule has 0 spiro atoms. The van der Waals surface area contributed by atoms with E-state index >= 15 is 0 Å². The number of aromatic nitrogens is 2. The van der Waals surface area contributed by atoms with Crippen LogP contribution in [0.2, 0.25) is 0 Å². The van der Waals surface area contributed by atoms with Gasteiger partial charge in [0, 0.05) is 33.2 Å². The highest BCUT2D eigenvalue weighted by Crippen LogP contribution is 2.36. The second kappa shape index (κ2) is 11.2. The van der Waals surface area contributed by atoms with Gasteiger partial charge in [0.15, 0.2) is 6.29 Å². The zero-order valence-electron chi connectivity index (χ0n) is 23.2. The van der Waals surface area contributed by atoms with E-state index in [0.29, 0.717) is 26.5 Å². The van der Waals surface area contributed by atoms with Gasteiger partial charge in [0.25, 0.3) is 0 Å². The summed E-state index contributed by atoms with van der Waals surface area (Å²) >= 11 is 6.65. The van der Waals surface area contributed by atoms with E-state index in [9.17, 15) is 19.5 Å². The van der Waals surface area contributed by atoms with Gasteiger partial charge in [-0.2, -0.15) is 0 Å². The molecule has 2 aromatic carbocycles. The van der Waals surface area contributed by atoms with Gasteiger partial charge < -0.3 is 14.6 Å². The van der Waals surface area contributed by atoms with Gasteiger partial charge in [0.05, 0.1) is 15.5 Å². The number of carbonyl (C=O) groups is 3. The van der Waals surface area contributed by atoms with Crippen molar-refractivity contribution in [3.05, 3.63) is 62.3 Å². The molecule has 0 bridgehead atoms. The van der Waals surface area contributed by atoms with Gasteiger partial charge in [-0.3, -0.25) is 13.9 Å². The van der Waals surface area contributed by atoms with Crippen molar-refractivity contribution in [1.29, 1.82) is 0 Å². The average molecular weight is 664 g/mol. The highest BCUT2D eigenvalue weighted by atomic mass is 79.9. The molecule has 4 rings (SSSR count). The van der Waals surface area contributed by atoms with Crippen LogP contribution in [0.1, 0.15) is 63.0 Å².